The number of carbonyl (C=O) groups is 1. The topological polar surface area (TPSA) is 32.3 Å². The van der Waals surface area contributed by atoms with E-state index in [0.717, 1.165) is 21.2 Å². The summed E-state index contributed by atoms with van der Waals surface area (Å²) in [6, 6.07) is 13.6. The van der Waals surface area contributed by atoms with Crippen molar-refractivity contribution < 1.29 is 9.18 Å². The molecule has 0 aromatic heterocycles. The Hall–Kier alpha value is -1.47. The van der Waals surface area contributed by atoms with Crippen LogP contribution in [-0.4, -0.2) is 36.5 Å². The van der Waals surface area contributed by atoms with Crippen molar-refractivity contribution in [3.63, 3.8) is 0 Å². The van der Waals surface area contributed by atoms with E-state index < -0.39 is 0 Å². The Morgan fingerprint density at radius 2 is 2.04 bits per heavy atom. The molecule has 2 aromatic carbocycles. The maximum absolute atomic E-state index is 14.2. The van der Waals surface area contributed by atoms with E-state index >= 15 is 0 Å². The Bertz CT molecular complexity index is 778. The smallest absolute Gasteiger partial charge is 0.230 e. The molecule has 1 aliphatic heterocycles. The number of amides is 1. The zero-order chi connectivity index (χ0) is 18.7. The maximum atomic E-state index is 14.2. The first kappa shape index (κ1) is 19.3. The van der Waals surface area contributed by atoms with E-state index in [1.54, 1.807) is 13.0 Å². The monoisotopic (exact) mass is 466 g/mol. The van der Waals surface area contributed by atoms with E-state index in [4.69, 9.17) is 0 Å². The molecule has 1 saturated heterocycles. The van der Waals surface area contributed by atoms with Crippen LogP contribution >= 0.6 is 22.6 Å². The molecule has 2 aromatic rings. The van der Waals surface area contributed by atoms with Crippen molar-refractivity contribution in [1.29, 1.82) is 0 Å². The maximum Gasteiger partial charge on any atom is 0.230 e. The van der Waals surface area contributed by atoms with Gasteiger partial charge < -0.3 is 10.2 Å². The number of piperazine rings is 1. The van der Waals surface area contributed by atoms with Crippen LogP contribution in [0.2, 0.25) is 0 Å². The van der Waals surface area contributed by atoms with E-state index in [1.165, 1.54) is 6.07 Å². The standard InChI is InChI=1S/C21H24FIN2O/c1-14-3-6-17(12-20(14)22)19(11-16-4-7-18(23)8-5-16)21(26)25-10-9-24-15(2)13-25/h3-8,12,15,19,24H,9-11,13H2,1-2H3/t15-,19+/m1/s1. The number of nitrogens with one attached hydrogen (secondary N) is 1. The largest absolute Gasteiger partial charge is 0.339 e. The van der Waals surface area contributed by atoms with Crippen LogP contribution in [0.25, 0.3) is 0 Å². The van der Waals surface area contributed by atoms with Crippen LogP contribution in [0.3, 0.4) is 0 Å². The van der Waals surface area contributed by atoms with E-state index in [9.17, 15) is 9.18 Å². The van der Waals surface area contributed by atoms with Gasteiger partial charge in [-0.25, -0.2) is 4.39 Å². The molecule has 3 rings (SSSR count). The molecule has 26 heavy (non-hydrogen) atoms. The molecule has 0 aliphatic carbocycles. The molecule has 0 bridgehead atoms. The van der Waals surface area contributed by atoms with Crippen molar-refractivity contribution in [3.05, 3.63) is 68.5 Å². The molecule has 5 heteroatoms. The van der Waals surface area contributed by atoms with Gasteiger partial charge in [-0.15, -0.1) is 0 Å². The number of hydrogen-bond donors (Lipinski definition) is 1. The predicted octanol–water partition coefficient (Wildman–Crippen LogP) is 3.89. The third-order valence-electron chi connectivity index (χ3n) is 4.93. The van der Waals surface area contributed by atoms with Crippen LogP contribution in [0.4, 0.5) is 4.39 Å². The normalized spacial score (nSPS) is 18.6. The van der Waals surface area contributed by atoms with Crippen LogP contribution in [0, 0.1) is 16.3 Å². The van der Waals surface area contributed by atoms with Gasteiger partial charge in [0.1, 0.15) is 5.82 Å². The number of halogens is 2. The van der Waals surface area contributed by atoms with Gasteiger partial charge in [-0.3, -0.25) is 4.79 Å². The predicted molar refractivity (Wildman–Crippen MR) is 111 cm³/mol. The highest BCUT2D eigenvalue weighted by Gasteiger charge is 2.29. The molecule has 0 spiro atoms. The summed E-state index contributed by atoms with van der Waals surface area (Å²) >= 11 is 2.27. The second-order valence-electron chi connectivity index (χ2n) is 7.03. The Kier molecular flexibility index (Phi) is 6.29. The minimum absolute atomic E-state index is 0.0835. The van der Waals surface area contributed by atoms with Crippen molar-refractivity contribution in [3.8, 4) is 0 Å². The minimum Gasteiger partial charge on any atom is -0.339 e. The second-order valence-corrected chi connectivity index (χ2v) is 8.28. The van der Waals surface area contributed by atoms with Crippen LogP contribution < -0.4 is 5.32 Å². The van der Waals surface area contributed by atoms with Gasteiger partial charge in [-0.05, 0) is 77.7 Å². The number of carbonyl (C=O) groups excluding carboxylic acids is 1. The minimum atomic E-state index is -0.365. The number of aryl methyl sites for hydroxylation is 1. The average Bonchev–Trinajstić information content (AvgIpc) is 2.63. The number of hydrogen-bond acceptors (Lipinski definition) is 2. The lowest BCUT2D eigenvalue weighted by molar-refractivity contribution is -0.134. The summed E-state index contributed by atoms with van der Waals surface area (Å²) in [4.78, 5) is 15.2. The summed E-state index contributed by atoms with van der Waals surface area (Å²) in [6.07, 6.45) is 0.580. The van der Waals surface area contributed by atoms with Gasteiger partial charge in [-0.1, -0.05) is 24.3 Å². The molecule has 3 nitrogen and oxygen atoms in total. The number of rotatable bonds is 4. The Morgan fingerprint density at radius 1 is 1.31 bits per heavy atom. The van der Waals surface area contributed by atoms with Gasteiger partial charge in [0.05, 0.1) is 5.92 Å². The van der Waals surface area contributed by atoms with Gasteiger partial charge in [-0.2, -0.15) is 0 Å². The van der Waals surface area contributed by atoms with Crippen molar-refractivity contribution >= 4 is 28.5 Å². The first-order valence-corrected chi connectivity index (χ1v) is 10.0. The van der Waals surface area contributed by atoms with Crippen molar-refractivity contribution in [2.75, 3.05) is 19.6 Å². The number of benzene rings is 2. The first-order chi connectivity index (χ1) is 12.4. The summed E-state index contributed by atoms with van der Waals surface area (Å²) in [5.41, 5.74) is 2.45. The quantitative estimate of drug-likeness (QED) is 0.694. The van der Waals surface area contributed by atoms with Gasteiger partial charge in [0.15, 0.2) is 0 Å². The number of nitrogens with zero attached hydrogens (tertiary/aromatic N) is 1. The van der Waals surface area contributed by atoms with Gasteiger partial charge in [0, 0.05) is 29.2 Å². The van der Waals surface area contributed by atoms with E-state index in [0.29, 0.717) is 25.1 Å². The molecule has 1 fully saturated rings. The van der Waals surface area contributed by atoms with Crippen molar-refractivity contribution in [1.82, 2.24) is 10.2 Å². The van der Waals surface area contributed by atoms with Gasteiger partial charge in [0.25, 0.3) is 0 Å². The molecule has 0 unspecified atom stereocenters. The summed E-state index contributed by atoms with van der Waals surface area (Å²) in [7, 11) is 0. The lowest BCUT2D eigenvalue weighted by Crippen LogP contribution is -2.52. The van der Waals surface area contributed by atoms with Crippen LogP contribution in [0.1, 0.15) is 29.5 Å². The summed E-state index contributed by atoms with van der Waals surface area (Å²) in [5.74, 6) is -0.535. The molecule has 0 saturated carbocycles. The van der Waals surface area contributed by atoms with Crippen molar-refractivity contribution in [2.45, 2.75) is 32.2 Å². The zero-order valence-electron chi connectivity index (χ0n) is 15.1. The molecule has 2 atom stereocenters. The molecule has 1 heterocycles. The second kappa shape index (κ2) is 8.48. The average molecular weight is 466 g/mol. The lowest BCUT2D eigenvalue weighted by atomic mass is 9.89. The fourth-order valence-electron chi connectivity index (χ4n) is 3.38. The fraction of sp³-hybridized carbons (Fsp3) is 0.381. The van der Waals surface area contributed by atoms with E-state index in [2.05, 4.69) is 34.8 Å². The summed E-state index contributed by atoms with van der Waals surface area (Å²) in [6.45, 7) is 6.01. The molecular formula is C21H24FIN2O. The van der Waals surface area contributed by atoms with Gasteiger partial charge in [0.2, 0.25) is 5.91 Å². The van der Waals surface area contributed by atoms with E-state index in [-0.39, 0.29) is 23.7 Å². The zero-order valence-corrected chi connectivity index (χ0v) is 17.3. The highest BCUT2D eigenvalue weighted by atomic mass is 127. The molecule has 138 valence electrons. The SMILES string of the molecule is Cc1ccc([C@H](Cc2ccc(I)cc2)C(=O)N2CCN[C@H](C)C2)cc1F. The molecule has 1 aliphatic rings. The third-order valence-corrected chi connectivity index (χ3v) is 5.65. The lowest BCUT2D eigenvalue weighted by Gasteiger charge is -2.34. The van der Waals surface area contributed by atoms with Crippen LogP contribution in [0.15, 0.2) is 42.5 Å². The molecule has 0 radical (unpaired) electrons. The Labute approximate surface area is 168 Å². The summed E-state index contributed by atoms with van der Waals surface area (Å²) < 4.78 is 15.3. The fourth-order valence-corrected chi connectivity index (χ4v) is 3.74. The first-order valence-electron chi connectivity index (χ1n) is 8.96. The highest BCUT2D eigenvalue weighted by Crippen LogP contribution is 2.26. The van der Waals surface area contributed by atoms with Crippen LogP contribution in [-0.2, 0) is 11.2 Å². The van der Waals surface area contributed by atoms with E-state index in [1.807, 2.05) is 35.2 Å². The van der Waals surface area contributed by atoms with Crippen LogP contribution in [0.5, 0.6) is 0 Å². The Balaban J connectivity index is 1.90. The molecular weight excluding hydrogens is 442 g/mol. The molecule has 1 amide bonds. The third kappa shape index (κ3) is 4.62. The van der Waals surface area contributed by atoms with Gasteiger partial charge >= 0.3 is 0 Å². The molecule has 1 N–H and O–H groups in total. The summed E-state index contributed by atoms with van der Waals surface area (Å²) in [5, 5.41) is 3.36. The van der Waals surface area contributed by atoms with Crippen molar-refractivity contribution in [2.24, 2.45) is 0 Å². The Morgan fingerprint density at radius 3 is 2.69 bits per heavy atom. The highest BCUT2D eigenvalue weighted by molar-refractivity contribution is 14.1.